The minimum atomic E-state index is -0.597. The maximum Gasteiger partial charge on any atom is 0.407 e. The largest absolute Gasteiger partial charge is 0.489 e. The van der Waals surface area contributed by atoms with Gasteiger partial charge < -0.3 is 29.1 Å². The van der Waals surface area contributed by atoms with Crippen molar-refractivity contribution in [2.75, 3.05) is 7.11 Å². The zero-order chi connectivity index (χ0) is 29.6. The highest BCUT2D eigenvalue weighted by Gasteiger charge is 2.17. The third kappa shape index (κ3) is 7.65. The molecule has 0 aliphatic heterocycles. The van der Waals surface area contributed by atoms with E-state index in [0.29, 0.717) is 28.2 Å². The molecule has 2 N–H and O–H groups in total. The van der Waals surface area contributed by atoms with Crippen LogP contribution in [0.4, 0.5) is 4.79 Å². The molecule has 3 aromatic carbocycles. The maximum absolute atomic E-state index is 12.1. The number of ether oxygens (including phenoxy) is 3. The third-order valence-corrected chi connectivity index (χ3v) is 6.11. The van der Waals surface area contributed by atoms with Gasteiger partial charge in [-0.25, -0.2) is 4.79 Å². The fraction of sp³-hybridized carbons (Fsp3) is 0.281. The van der Waals surface area contributed by atoms with Crippen molar-refractivity contribution < 1.29 is 33.3 Å². The van der Waals surface area contributed by atoms with E-state index in [1.165, 1.54) is 7.11 Å². The highest BCUT2D eigenvalue weighted by molar-refractivity contribution is 5.93. The Morgan fingerprint density at radius 3 is 2.56 bits per heavy atom. The van der Waals surface area contributed by atoms with Gasteiger partial charge in [-0.1, -0.05) is 24.3 Å². The molecule has 4 rings (SSSR count). The van der Waals surface area contributed by atoms with E-state index in [-0.39, 0.29) is 26.2 Å². The number of aliphatic hydroxyl groups excluding tert-OH is 1. The maximum atomic E-state index is 12.1. The lowest BCUT2D eigenvalue weighted by molar-refractivity contribution is -0.139. The van der Waals surface area contributed by atoms with E-state index in [4.69, 9.17) is 18.6 Å². The topological polar surface area (TPSA) is 131 Å². The summed E-state index contributed by atoms with van der Waals surface area (Å²) < 4.78 is 22.2. The number of nitriles is 1. The summed E-state index contributed by atoms with van der Waals surface area (Å²) in [5, 5.41) is 22.6. The first kappa shape index (κ1) is 29.2. The van der Waals surface area contributed by atoms with Gasteiger partial charge in [0.1, 0.15) is 35.9 Å². The number of rotatable bonds is 9. The number of carbonyl (C=O) groups is 2. The molecule has 0 spiro atoms. The summed E-state index contributed by atoms with van der Waals surface area (Å²) in [4.78, 5) is 24.1. The standard InChI is InChI=1S/C32H32N2O7/c1-32(2,3)41-31(37)34-17-21-6-5-7-23(10-21)27-12-22(11-25-14-26(18-35)40-30(25)27)19-39-28-13-20(16-33)8-9-24(28)15-29(36)38-4/h5-14,35H,15,17-19H2,1-4H3,(H,34,37). The molecule has 0 fully saturated rings. The smallest absolute Gasteiger partial charge is 0.407 e. The molecule has 0 aliphatic carbocycles. The van der Waals surface area contributed by atoms with E-state index in [1.807, 2.05) is 36.4 Å². The summed E-state index contributed by atoms with van der Waals surface area (Å²) in [6, 6.07) is 20.3. The minimum absolute atomic E-state index is 0.00748. The number of aliphatic hydroxyl groups is 1. The number of nitrogens with one attached hydrogen (secondary N) is 1. The van der Waals surface area contributed by atoms with E-state index < -0.39 is 17.7 Å². The lowest BCUT2D eigenvalue weighted by Gasteiger charge is -2.19. The first-order valence-electron chi connectivity index (χ1n) is 13.0. The lowest BCUT2D eigenvalue weighted by atomic mass is 9.99. The Labute approximate surface area is 238 Å². The van der Waals surface area contributed by atoms with Gasteiger partial charge in [-0.3, -0.25) is 4.79 Å². The van der Waals surface area contributed by atoms with Crippen LogP contribution >= 0.6 is 0 Å². The molecular formula is C32H32N2O7. The van der Waals surface area contributed by atoms with Crippen LogP contribution in [0.2, 0.25) is 0 Å². The van der Waals surface area contributed by atoms with Crippen molar-refractivity contribution in [3.05, 3.63) is 88.7 Å². The number of furan rings is 1. The Hall–Kier alpha value is -4.81. The SMILES string of the molecule is COC(=O)Cc1ccc(C#N)cc1OCc1cc(-c2cccc(CNC(=O)OC(C)(C)C)c2)c2oc(CO)cc2c1. The Kier molecular flexibility index (Phi) is 8.95. The summed E-state index contributed by atoms with van der Waals surface area (Å²) >= 11 is 0. The Bertz CT molecular complexity index is 1610. The van der Waals surface area contributed by atoms with Crippen LogP contribution in [-0.4, -0.2) is 29.9 Å². The third-order valence-electron chi connectivity index (χ3n) is 6.11. The molecule has 9 nitrogen and oxygen atoms in total. The molecule has 0 saturated heterocycles. The fourth-order valence-corrected chi connectivity index (χ4v) is 4.27. The second-order valence-corrected chi connectivity index (χ2v) is 10.5. The van der Waals surface area contributed by atoms with E-state index in [1.54, 1.807) is 45.0 Å². The number of fused-ring (bicyclic) bond motifs is 1. The van der Waals surface area contributed by atoms with Crippen molar-refractivity contribution in [3.8, 4) is 22.9 Å². The number of amides is 1. The molecule has 4 aromatic rings. The molecule has 212 valence electrons. The van der Waals surface area contributed by atoms with E-state index in [9.17, 15) is 20.0 Å². The van der Waals surface area contributed by atoms with Gasteiger partial charge in [0, 0.05) is 23.1 Å². The highest BCUT2D eigenvalue weighted by atomic mass is 16.6. The second-order valence-electron chi connectivity index (χ2n) is 10.5. The van der Waals surface area contributed by atoms with Crippen LogP contribution in [0.25, 0.3) is 22.1 Å². The summed E-state index contributed by atoms with van der Waals surface area (Å²) in [5.41, 5.74) is 4.31. The number of carbonyl (C=O) groups excluding carboxylic acids is 2. The summed E-state index contributed by atoms with van der Waals surface area (Å²) in [7, 11) is 1.32. The zero-order valence-electron chi connectivity index (χ0n) is 23.4. The fourth-order valence-electron chi connectivity index (χ4n) is 4.27. The molecule has 0 unspecified atom stereocenters. The molecule has 0 aliphatic rings. The number of methoxy groups -OCH3 is 1. The van der Waals surface area contributed by atoms with Gasteiger partial charge in [-0.05, 0) is 73.9 Å². The van der Waals surface area contributed by atoms with Crippen molar-refractivity contribution in [2.45, 2.75) is 52.6 Å². The average Bonchev–Trinajstić information content (AvgIpc) is 3.37. The summed E-state index contributed by atoms with van der Waals surface area (Å²) in [5.74, 6) is 0.415. The minimum Gasteiger partial charge on any atom is -0.489 e. The van der Waals surface area contributed by atoms with Crippen LogP contribution in [0, 0.1) is 11.3 Å². The molecular weight excluding hydrogens is 524 g/mol. The first-order valence-corrected chi connectivity index (χ1v) is 13.0. The predicted molar refractivity (Wildman–Crippen MR) is 152 cm³/mol. The van der Waals surface area contributed by atoms with E-state index in [0.717, 1.165) is 27.6 Å². The van der Waals surface area contributed by atoms with Crippen molar-refractivity contribution in [1.82, 2.24) is 5.32 Å². The number of hydrogen-bond donors (Lipinski definition) is 2. The quantitative estimate of drug-likeness (QED) is 0.248. The molecule has 9 heteroatoms. The number of esters is 1. The van der Waals surface area contributed by atoms with E-state index >= 15 is 0 Å². The molecule has 0 bridgehead atoms. The first-order chi connectivity index (χ1) is 19.6. The average molecular weight is 557 g/mol. The number of alkyl carbamates (subject to hydrolysis) is 1. The van der Waals surface area contributed by atoms with E-state index in [2.05, 4.69) is 11.4 Å². The Balaban J connectivity index is 1.64. The van der Waals surface area contributed by atoms with Gasteiger partial charge in [-0.15, -0.1) is 0 Å². The Morgan fingerprint density at radius 2 is 1.85 bits per heavy atom. The molecule has 0 saturated carbocycles. The Morgan fingerprint density at radius 1 is 1.05 bits per heavy atom. The molecule has 0 radical (unpaired) electrons. The molecule has 1 amide bonds. The summed E-state index contributed by atoms with van der Waals surface area (Å²) in [6.45, 7) is 5.58. The molecule has 0 atom stereocenters. The normalized spacial score (nSPS) is 11.1. The van der Waals surface area contributed by atoms with Crippen LogP contribution < -0.4 is 10.1 Å². The monoisotopic (exact) mass is 556 g/mol. The number of benzene rings is 3. The van der Waals surface area contributed by atoms with Crippen LogP contribution in [0.5, 0.6) is 5.75 Å². The van der Waals surface area contributed by atoms with Crippen molar-refractivity contribution in [1.29, 1.82) is 5.26 Å². The van der Waals surface area contributed by atoms with Gasteiger partial charge in [0.25, 0.3) is 0 Å². The van der Waals surface area contributed by atoms with Crippen LogP contribution in [-0.2, 0) is 40.4 Å². The van der Waals surface area contributed by atoms with Crippen LogP contribution in [0.1, 0.15) is 48.8 Å². The van der Waals surface area contributed by atoms with Crippen LogP contribution in [0.3, 0.4) is 0 Å². The lowest BCUT2D eigenvalue weighted by Crippen LogP contribution is -2.32. The second kappa shape index (κ2) is 12.6. The van der Waals surface area contributed by atoms with Gasteiger partial charge >= 0.3 is 12.1 Å². The van der Waals surface area contributed by atoms with Crippen molar-refractivity contribution >= 4 is 23.0 Å². The van der Waals surface area contributed by atoms with Crippen molar-refractivity contribution in [2.24, 2.45) is 0 Å². The predicted octanol–water partition coefficient (Wildman–Crippen LogP) is 5.78. The highest BCUT2D eigenvalue weighted by Crippen LogP contribution is 2.34. The van der Waals surface area contributed by atoms with Crippen molar-refractivity contribution in [3.63, 3.8) is 0 Å². The van der Waals surface area contributed by atoms with Crippen LogP contribution in [0.15, 0.2) is 65.1 Å². The van der Waals surface area contributed by atoms with Gasteiger partial charge in [0.15, 0.2) is 0 Å². The summed E-state index contributed by atoms with van der Waals surface area (Å²) in [6.07, 6.45) is -0.497. The van der Waals surface area contributed by atoms with Gasteiger partial charge in [0.2, 0.25) is 0 Å². The number of hydrogen-bond acceptors (Lipinski definition) is 8. The molecule has 1 heterocycles. The van der Waals surface area contributed by atoms with Gasteiger partial charge in [0.05, 0.1) is 25.2 Å². The van der Waals surface area contributed by atoms with Gasteiger partial charge in [-0.2, -0.15) is 5.26 Å². The number of nitrogens with zero attached hydrogens (tertiary/aromatic N) is 1. The molecule has 41 heavy (non-hydrogen) atoms. The zero-order valence-corrected chi connectivity index (χ0v) is 23.4. The molecule has 1 aromatic heterocycles.